The lowest BCUT2D eigenvalue weighted by atomic mass is 9.94. The second-order valence-electron chi connectivity index (χ2n) is 12.7. The van der Waals surface area contributed by atoms with Gasteiger partial charge in [0.2, 0.25) is 0 Å². The number of hydrogen-bond acceptors (Lipinski definition) is 1. The summed E-state index contributed by atoms with van der Waals surface area (Å²) in [6.45, 7) is 8.51. The van der Waals surface area contributed by atoms with Gasteiger partial charge in [-0.25, -0.2) is 0 Å². The van der Waals surface area contributed by atoms with Crippen LogP contribution in [0.5, 0.6) is 0 Å². The first-order valence-electron chi connectivity index (χ1n) is 18.3. The normalized spacial score (nSPS) is 11.4. The molecule has 0 spiro atoms. The van der Waals surface area contributed by atoms with Gasteiger partial charge in [-0.1, -0.05) is 179 Å². The molecule has 2 N–H and O–H groups in total. The average molecular weight is 546 g/mol. The van der Waals surface area contributed by atoms with Gasteiger partial charge in [-0.2, -0.15) is 0 Å². The highest BCUT2D eigenvalue weighted by Gasteiger charge is 2.06. The van der Waals surface area contributed by atoms with Crippen molar-refractivity contribution in [2.45, 2.75) is 205 Å². The average Bonchev–Trinajstić information content (AvgIpc) is 2.95. The minimum Gasteiger partial charge on any atom is -0.330 e. The minimum absolute atomic E-state index is 0.786. The summed E-state index contributed by atoms with van der Waals surface area (Å²) in [5, 5.41) is 0. The molecule has 0 radical (unpaired) electrons. The summed E-state index contributed by atoms with van der Waals surface area (Å²) >= 11 is 0. The van der Waals surface area contributed by atoms with E-state index < -0.39 is 0 Å². The molecule has 0 aliphatic rings. The number of allylic oxidation sites excluding steroid dienone is 2. The first-order valence-corrected chi connectivity index (χ1v) is 18.3. The van der Waals surface area contributed by atoms with Crippen LogP contribution in [0.2, 0.25) is 0 Å². The topological polar surface area (TPSA) is 26.0 Å². The second kappa shape index (κ2) is 35.5. The molecule has 0 aliphatic heterocycles. The lowest BCUT2D eigenvalue weighted by Crippen LogP contribution is -2.14. The molecule has 0 rings (SSSR count). The van der Waals surface area contributed by atoms with Crippen LogP contribution >= 0.6 is 0 Å². The maximum absolute atomic E-state index is 6.10. The van der Waals surface area contributed by atoms with Crippen LogP contribution < -0.4 is 5.73 Å². The first kappa shape index (κ1) is 38.4. The number of hydrogen-bond donors (Lipinski definition) is 1. The third-order valence-corrected chi connectivity index (χ3v) is 8.87. The Hall–Kier alpha value is -0.560. The van der Waals surface area contributed by atoms with Gasteiger partial charge in [-0.3, -0.25) is 0 Å². The zero-order valence-corrected chi connectivity index (χ0v) is 27.1. The molecule has 0 fully saturated rings. The van der Waals surface area contributed by atoms with E-state index in [1.165, 1.54) is 205 Å². The quantitative estimate of drug-likeness (QED) is 0.0622. The predicted molar refractivity (Wildman–Crippen MR) is 181 cm³/mol. The standard InChI is InChI=1S/C38H75N/c1-3-5-7-9-11-13-15-17-19-21-23-25-27-29-31-33-35-38(37-39)36-34-32-30-28-26-24-22-20-18-16-14-12-10-8-6-4-2/h3-4,38H,1-2,5-37,39H2. The lowest BCUT2D eigenvalue weighted by Gasteiger charge is -2.14. The van der Waals surface area contributed by atoms with Gasteiger partial charge in [-0.05, 0) is 51.0 Å². The molecule has 39 heavy (non-hydrogen) atoms. The summed E-state index contributed by atoms with van der Waals surface area (Å²) in [5.41, 5.74) is 6.10. The fourth-order valence-electron chi connectivity index (χ4n) is 6.07. The summed E-state index contributed by atoms with van der Waals surface area (Å²) in [4.78, 5) is 0. The third kappa shape index (κ3) is 33.5. The molecule has 1 nitrogen and oxygen atoms in total. The van der Waals surface area contributed by atoms with Crippen molar-refractivity contribution < 1.29 is 0 Å². The smallest absolute Gasteiger partial charge is 0.00489 e. The van der Waals surface area contributed by atoms with Crippen LogP contribution in [0.25, 0.3) is 0 Å². The molecule has 0 saturated carbocycles. The van der Waals surface area contributed by atoms with Crippen molar-refractivity contribution in [2.75, 3.05) is 6.54 Å². The van der Waals surface area contributed by atoms with E-state index in [4.69, 9.17) is 5.73 Å². The van der Waals surface area contributed by atoms with Crippen molar-refractivity contribution >= 4 is 0 Å². The van der Waals surface area contributed by atoms with Gasteiger partial charge in [0.15, 0.2) is 0 Å². The second-order valence-corrected chi connectivity index (χ2v) is 12.7. The van der Waals surface area contributed by atoms with E-state index in [9.17, 15) is 0 Å². The Morgan fingerprint density at radius 1 is 0.333 bits per heavy atom. The van der Waals surface area contributed by atoms with Gasteiger partial charge in [0.05, 0.1) is 0 Å². The predicted octanol–water partition coefficient (Wildman–Crippen LogP) is 13.4. The lowest BCUT2D eigenvalue weighted by molar-refractivity contribution is 0.409. The zero-order chi connectivity index (χ0) is 28.3. The zero-order valence-electron chi connectivity index (χ0n) is 27.1. The maximum Gasteiger partial charge on any atom is -0.00489 e. The molecule has 0 atom stereocenters. The van der Waals surface area contributed by atoms with E-state index >= 15 is 0 Å². The van der Waals surface area contributed by atoms with Gasteiger partial charge < -0.3 is 5.73 Å². The highest BCUT2D eigenvalue weighted by Crippen LogP contribution is 2.19. The third-order valence-electron chi connectivity index (χ3n) is 8.87. The number of unbranched alkanes of at least 4 members (excludes halogenated alkanes) is 28. The monoisotopic (exact) mass is 546 g/mol. The van der Waals surface area contributed by atoms with E-state index in [0.29, 0.717) is 0 Å². The fraction of sp³-hybridized carbons (Fsp3) is 0.895. The van der Waals surface area contributed by atoms with E-state index in [1.807, 2.05) is 0 Å². The Morgan fingerprint density at radius 2 is 0.538 bits per heavy atom. The Balaban J connectivity index is 3.26. The summed E-state index contributed by atoms with van der Waals surface area (Å²) < 4.78 is 0. The van der Waals surface area contributed by atoms with Gasteiger partial charge in [-0.15, -0.1) is 13.2 Å². The Labute approximate surface area is 248 Å². The summed E-state index contributed by atoms with van der Waals surface area (Å²) in [6, 6.07) is 0. The summed E-state index contributed by atoms with van der Waals surface area (Å²) in [5.74, 6) is 0.786. The van der Waals surface area contributed by atoms with E-state index in [2.05, 4.69) is 25.3 Å². The molecule has 1 heteroatoms. The van der Waals surface area contributed by atoms with Crippen LogP contribution in [-0.4, -0.2) is 6.54 Å². The van der Waals surface area contributed by atoms with Crippen LogP contribution in [0, 0.1) is 5.92 Å². The van der Waals surface area contributed by atoms with E-state index in [1.54, 1.807) is 0 Å². The molecule has 232 valence electrons. The number of nitrogens with two attached hydrogens (primary N) is 1. The van der Waals surface area contributed by atoms with Crippen LogP contribution in [0.1, 0.15) is 205 Å². The molecule has 0 unspecified atom stereocenters. The van der Waals surface area contributed by atoms with Crippen molar-refractivity contribution in [3.05, 3.63) is 25.3 Å². The maximum atomic E-state index is 6.10. The van der Waals surface area contributed by atoms with Crippen molar-refractivity contribution in [1.29, 1.82) is 0 Å². The molecule has 0 heterocycles. The van der Waals surface area contributed by atoms with E-state index in [-0.39, 0.29) is 0 Å². The van der Waals surface area contributed by atoms with Crippen LogP contribution in [0.15, 0.2) is 25.3 Å². The first-order chi connectivity index (χ1) is 19.3. The molecular weight excluding hydrogens is 470 g/mol. The Kier molecular flexibility index (Phi) is 35.0. The van der Waals surface area contributed by atoms with Crippen LogP contribution in [0.4, 0.5) is 0 Å². The highest BCUT2D eigenvalue weighted by atomic mass is 14.5. The van der Waals surface area contributed by atoms with Crippen LogP contribution in [-0.2, 0) is 0 Å². The van der Waals surface area contributed by atoms with Crippen molar-refractivity contribution in [1.82, 2.24) is 0 Å². The van der Waals surface area contributed by atoms with Gasteiger partial charge in [0.25, 0.3) is 0 Å². The Morgan fingerprint density at radius 3 is 0.744 bits per heavy atom. The number of rotatable bonds is 35. The molecule has 0 aliphatic carbocycles. The van der Waals surface area contributed by atoms with Gasteiger partial charge >= 0.3 is 0 Å². The van der Waals surface area contributed by atoms with Crippen molar-refractivity contribution in [3.63, 3.8) is 0 Å². The van der Waals surface area contributed by atoms with Gasteiger partial charge in [0, 0.05) is 0 Å². The Bertz CT molecular complexity index is 416. The summed E-state index contributed by atoms with van der Waals surface area (Å²) in [6.07, 6.45) is 49.4. The molecule has 0 bridgehead atoms. The van der Waals surface area contributed by atoms with E-state index in [0.717, 1.165) is 12.5 Å². The SMILES string of the molecule is C=CCCCCCCCCCCCCCCCCC(CN)CCCCCCCCCCCCCCCCC=C. The van der Waals surface area contributed by atoms with Gasteiger partial charge in [0.1, 0.15) is 0 Å². The van der Waals surface area contributed by atoms with Crippen molar-refractivity contribution in [2.24, 2.45) is 11.7 Å². The fourth-order valence-corrected chi connectivity index (χ4v) is 6.07. The molecule has 0 aromatic rings. The highest BCUT2D eigenvalue weighted by molar-refractivity contribution is 4.66. The molecule has 0 amide bonds. The molecule has 0 saturated heterocycles. The molecular formula is C38H75N. The largest absolute Gasteiger partial charge is 0.330 e. The van der Waals surface area contributed by atoms with Crippen LogP contribution in [0.3, 0.4) is 0 Å². The molecule has 0 aromatic heterocycles. The van der Waals surface area contributed by atoms with Crippen molar-refractivity contribution in [3.8, 4) is 0 Å². The minimum atomic E-state index is 0.786. The molecule has 0 aromatic carbocycles. The summed E-state index contributed by atoms with van der Waals surface area (Å²) in [7, 11) is 0.